The summed E-state index contributed by atoms with van der Waals surface area (Å²) in [7, 11) is -8.83. The second-order valence-corrected chi connectivity index (χ2v) is 28.0. The van der Waals surface area contributed by atoms with Gasteiger partial charge in [-0.15, -0.1) is 0 Å². The van der Waals surface area contributed by atoms with Crippen LogP contribution in [-0.2, 0) is 40.6 Å². The van der Waals surface area contributed by atoms with E-state index in [-0.39, 0.29) is 38.9 Å². The predicted octanol–water partition coefficient (Wildman–Crippen LogP) is 10.2. The van der Waals surface area contributed by atoms with Crippen LogP contribution in [0.2, 0.25) is 0 Å². The Morgan fingerprint density at radius 1 is 0.920 bits per heavy atom. The van der Waals surface area contributed by atoms with Gasteiger partial charge in [-0.3, -0.25) is 18.8 Å². The fraction of sp³-hybridized carbons (Fsp3) is 0.633. The van der Waals surface area contributed by atoms with Crippen molar-refractivity contribution in [1.82, 2.24) is 10.2 Å². The molecule has 15 heteroatoms. The van der Waals surface area contributed by atoms with Crippen molar-refractivity contribution in [2.45, 2.75) is 184 Å². The molecule has 75 heavy (non-hydrogen) atoms. The molecule has 4 aliphatic carbocycles. The number of piperidine rings is 1. The third kappa shape index (κ3) is 9.37. The van der Waals surface area contributed by atoms with Crippen LogP contribution in [0.1, 0.15) is 150 Å². The number of hydrogen-bond acceptors (Lipinski definition) is 9. The molecule has 6 unspecified atom stereocenters. The number of amides is 1. The van der Waals surface area contributed by atoms with Crippen molar-refractivity contribution < 1.29 is 45.2 Å². The van der Waals surface area contributed by atoms with E-state index in [1.165, 1.54) is 36.1 Å². The van der Waals surface area contributed by atoms with Crippen LogP contribution in [0.15, 0.2) is 92.9 Å². The number of anilines is 1. The second-order valence-electron chi connectivity index (χ2n) is 25.1. The van der Waals surface area contributed by atoms with Gasteiger partial charge in [0.15, 0.2) is 5.71 Å². The second kappa shape index (κ2) is 19.7. The fourth-order valence-electron chi connectivity index (χ4n) is 16.3. The summed E-state index contributed by atoms with van der Waals surface area (Å²) < 4.78 is 78.3. The van der Waals surface area contributed by atoms with E-state index < -0.39 is 31.1 Å². The number of ether oxygens (including phenoxy) is 1. The number of likely N-dealkylation sites (tertiary alicyclic amines) is 1. The van der Waals surface area contributed by atoms with E-state index in [9.17, 15) is 35.8 Å². The molecule has 2 aromatic carbocycles. The average molecular weight is 1070 g/mol. The highest BCUT2D eigenvalue weighted by atomic mass is 32.2. The van der Waals surface area contributed by atoms with Crippen LogP contribution in [0.3, 0.4) is 0 Å². The largest absolute Gasteiger partial charge is 0.393 e. The SMILES string of the molecule is CCN1/C(=C/C=C/C2=[N+](CCCCCC(=O)NCCN3CC(C)C[C@H]4OC5(CCC6C(=C5C)CC5C6CC=C6C[C@@H](O)CCC65C)[C@H](C)[C@@H]43)c3ccc(S(=O)(=O)O)cc3C2(C)C)C(C)(C)c2cc(S(=O)(=O)O)ccc21. The Balaban J connectivity index is 0.773. The maximum atomic E-state index is 13.4. The number of likely N-dealkylation sites (N-methyl/N-ethyl adjacent to an activating group) is 1. The van der Waals surface area contributed by atoms with Gasteiger partial charge in [0.05, 0.1) is 33.0 Å². The molecule has 4 heterocycles. The molecule has 0 bridgehead atoms. The molecule has 0 aromatic heterocycles. The smallest absolute Gasteiger partial charge is 0.294 e. The minimum Gasteiger partial charge on any atom is -0.393 e. The first kappa shape index (κ1) is 54.4. The molecule has 4 N–H and O–H groups in total. The van der Waals surface area contributed by atoms with Gasteiger partial charge in [-0.2, -0.15) is 21.4 Å². The number of unbranched alkanes of at least 4 members (excludes halogenated alkanes) is 2. The van der Waals surface area contributed by atoms with Crippen molar-refractivity contribution in [3.8, 4) is 0 Å². The third-order valence-corrected chi connectivity index (χ3v) is 22.0. The van der Waals surface area contributed by atoms with Crippen molar-refractivity contribution in [1.29, 1.82) is 0 Å². The minimum absolute atomic E-state index is 0.0603. The van der Waals surface area contributed by atoms with Gasteiger partial charge in [0, 0.05) is 85.5 Å². The number of aliphatic hydroxyl groups excluding tert-OH is 1. The van der Waals surface area contributed by atoms with Crippen molar-refractivity contribution in [2.24, 2.45) is 35.0 Å². The van der Waals surface area contributed by atoms with E-state index in [1.54, 1.807) is 29.8 Å². The molecule has 4 fully saturated rings. The summed E-state index contributed by atoms with van der Waals surface area (Å²) >= 11 is 0. The summed E-state index contributed by atoms with van der Waals surface area (Å²) in [5.41, 5.74) is 8.71. The molecular formula is C60H83N4O9S2+. The zero-order chi connectivity index (χ0) is 53.8. The molecule has 2 saturated heterocycles. The van der Waals surface area contributed by atoms with Gasteiger partial charge in [0.1, 0.15) is 6.54 Å². The minimum atomic E-state index is -4.44. The summed E-state index contributed by atoms with van der Waals surface area (Å²) in [5.74, 6) is 2.91. The lowest BCUT2D eigenvalue weighted by atomic mass is 9.56. The summed E-state index contributed by atoms with van der Waals surface area (Å²) in [6.45, 7) is 23.6. The maximum absolute atomic E-state index is 13.4. The molecule has 1 amide bonds. The number of carbonyl (C=O) groups excluding carboxylic acids is 1. The first-order chi connectivity index (χ1) is 35.3. The lowest BCUT2D eigenvalue weighted by Crippen LogP contribution is -2.54. The normalized spacial score (nSPS) is 33.4. The molecule has 4 aliphatic heterocycles. The molecule has 408 valence electrons. The maximum Gasteiger partial charge on any atom is 0.294 e. The van der Waals surface area contributed by atoms with Crippen LogP contribution in [0.5, 0.6) is 0 Å². The Bertz CT molecular complexity index is 3030. The van der Waals surface area contributed by atoms with Crippen molar-refractivity contribution in [3.05, 3.63) is 94.2 Å². The summed E-state index contributed by atoms with van der Waals surface area (Å²) in [4.78, 5) is 17.9. The molecular weight excluding hydrogens is 985 g/mol. The van der Waals surface area contributed by atoms with Gasteiger partial charge in [-0.25, -0.2) is 0 Å². The first-order valence-electron chi connectivity index (χ1n) is 28.1. The highest BCUT2D eigenvalue weighted by Crippen LogP contribution is 2.65. The van der Waals surface area contributed by atoms with Crippen LogP contribution in [0.25, 0.3) is 0 Å². The molecule has 2 saturated carbocycles. The number of fused-ring (bicyclic) bond motifs is 8. The Kier molecular flexibility index (Phi) is 14.3. The number of allylic oxidation sites excluding steroid dienone is 6. The van der Waals surface area contributed by atoms with E-state index in [4.69, 9.17) is 4.74 Å². The van der Waals surface area contributed by atoms with Gasteiger partial charge in [0.25, 0.3) is 20.2 Å². The molecule has 13 nitrogen and oxygen atoms in total. The Hall–Kier alpha value is -3.96. The van der Waals surface area contributed by atoms with Crippen LogP contribution in [0.4, 0.5) is 11.4 Å². The number of nitrogens with one attached hydrogen (secondary N) is 1. The lowest BCUT2D eigenvalue weighted by Gasteiger charge is -2.49. The standard InChI is InChI=1S/C60H82N4O9S2/c1-10-63-50-22-19-42(74(67,68)69)33-48(50)57(5,6)53(63)15-14-16-54-58(7,8)49-34-43(75(70,71)72)20-23-51(49)64(54)29-13-11-12-17-55(66)61-28-30-62-36-37(2)31-52-56(62)39(4)60(73-52)27-25-44-45-21-18-40-32-41(65)24-26-59(40,9)47(45)35-46(44)38(60)3/h14-16,18-20,22-23,33-34,37,39,41,44-45,47,52,56,65H,10-13,17,21,24-32,35-36H2,1-9H3,(H2-,61,66,67,68,69,70,71,72)/p+1/t37?,39-,41+,44?,45?,47?,52-,56+,59?,60?/m1/s1. The Morgan fingerprint density at radius 2 is 1.64 bits per heavy atom. The van der Waals surface area contributed by atoms with Crippen LogP contribution in [-0.4, -0.2) is 109 Å². The highest BCUT2D eigenvalue weighted by Gasteiger charge is 2.62. The molecule has 10 atom stereocenters. The van der Waals surface area contributed by atoms with Gasteiger partial charge in [-0.1, -0.05) is 57.9 Å². The van der Waals surface area contributed by atoms with E-state index >= 15 is 0 Å². The topological polar surface area (TPSA) is 177 Å². The number of carbonyl (C=O) groups is 1. The highest BCUT2D eigenvalue weighted by molar-refractivity contribution is 7.86. The van der Waals surface area contributed by atoms with Gasteiger partial charge < -0.3 is 20.1 Å². The number of hydrogen-bond donors (Lipinski definition) is 4. The quantitative estimate of drug-likeness (QED) is 0.0613. The van der Waals surface area contributed by atoms with Gasteiger partial charge in [-0.05, 0) is 169 Å². The number of rotatable bonds is 14. The summed E-state index contributed by atoms with van der Waals surface area (Å²) in [6, 6.07) is 9.80. The third-order valence-electron chi connectivity index (χ3n) is 20.3. The van der Waals surface area contributed by atoms with Crippen molar-refractivity contribution in [2.75, 3.05) is 37.6 Å². The Morgan fingerprint density at radius 3 is 2.36 bits per heavy atom. The molecule has 10 rings (SSSR count). The summed E-state index contributed by atoms with van der Waals surface area (Å²) in [6.07, 6.45) is 19.9. The predicted molar refractivity (Wildman–Crippen MR) is 294 cm³/mol. The monoisotopic (exact) mass is 1070 g/mol. The average Bonchev–Trinajstić information content (AvgIpc) is 4.00. The Labute approximate surface area is 447 Å². The first-order valence-corrected chi connectivity index (χ1v) is 31.0. The zero-order valence-corrected chi connectivity index (χ0v) is 47.5. The van der Waals surface area contributed by atoms with E-state index in [2.05, 4.69) is 53.5 Å². The van der Waals surface area contributed by atoms with Gasteiger partial charge >= 0.3 is 0 Å². The summed E-state index contributed by atoms with van der Waals surface area (Å²) in [5, 5.41) is 13.8. The van der Waals surface area contributed by atoms with Crippen LogP contribution < -0.4 is 10.2 Å². The fourth-order valence-corrected chi connectivity index (χ4v) is 17.3. The lowest BCUT2D eigenvalue weighted by molar-refractivity contribution is -0.438. The van der Waals surface area contributed by atoms with E-state index in [1.807, 2.05) is 52.8 Å². The molecule has 0 radical (unpaired) electrons. The molecule has 8 aliphatic rings. The van der Waals surface area contributed by atoms with E-state index in [0.29, 0.717) is 61.7 Å². The number of benzene rings is 2. The van der Waals surface area contributed by atoms with Crippen LogP contribution in [0, 0.1) is 35.0 Å². The van der Waals surface area contributed by atoms with E-state index in [0.717, 1.165) is 105 Å². The van der Waals surface area contributed by atoms with Gasteiger partial charge in [0.2, 0.25) is 11.6 Å². The van der Waals surface area contributed by atoms with Crippen molar-refractivity contribution in [3.63, 3.8) is 0 Å². The number of nitrogens with zero attached hydrogens (tertiary/aromatic N) is 3. The zero-order valence-electron chi connectivity index (χ0n) is 45.9. The molecule has 1 spiro atoms. The van der Waals surface area contributed by atoms with Crippen molar-refractivity contribution >= 4 is 43.2 Å². The molecule has 2 aromatic rings. The number of aliphatic hydroxyl groups is 1. The van der Waals surface area contributed by atoms with Crippen LogP contribution >= 0.6 is 0 Å².